The average Bonchev–Trinajstić information content (AvgIpc) is 3.33. The van der Waals surface area contributed by atoms with Gasteiger partial charge in [-0.25, -0.2) is 0 Å². The minimum Gasteiger partial charge on any atom is -0.394 e. The first kappa shape index (κ1) is 70.0. The van der Waals surface area contributed by atoms with Crippen molar-refractivity contribution in [1.29, 1.82) is 0 Å². The third-order valence-corrected chi connectivity index (χ3v) is 13.1. The molecule has 0 saturated carbocycles. The quantitative estimate of drug-likeness (QED) is 0.0527. The molecule has 0 aromatic heterocycles. The summed E-state index contributed by atoms with van der Waals surface area (Å²) in [5, 5.41) is 25.7. The standard InChI is InChI=1S/3C20H42O2/c3*1-2-3-4-5-6-7-8-9-10-11-12-13-14-15-16-17-19-22-20-18-21/h3*21H,2-20H2,1H3. The highest BCUT2D eigenvalue weighted by Crippen LogP contribution is 2.17. The molecule has 66 heavy (non-hydrogen) atoms. The van der Waals surface area contributed by atoms with Crippen molar-refractivity contribution in [1.82, 2.24) is 0 Å². The van der Waals surface area contributed by atoms with Crippen LogP contribution in [0.4, 0.5) is 0 Å². The van der Waals surface area contributed by atoms with E-state index in [0.717, 1.165) is 39.1 Å². The number of aliphatic hydroxyl groups is 3. The fraction of sp³-hybridized carbons (Fsp3) is 1.00. The van der Waals surface area contributed by atoms with Crippen molar-refractivity contribution in [3.63, 3.8) is 0 Å². The van der Waals surface area contributed by atoms with E-state index in [1.165, 1.54) is 289 Å². The van der Waals surface area contributed by atoms with E-state index in [4.69, 9.17) is 29.5 Å². The summed E-state index contributed by atoms with van der Waals surface area (Å²) in [5.74, 6) is 0. The minimum absolute atomic E-state index is 0.152. The molecule has 0 bridgehead atoms. The Morgan fingerprint density at radius 2 is 0.288 bits per heavy atom. The third kappa shape index (κ3) is 78.0. The lowest BCUT2D eigenvalue weighted by molar-refractivity contribution is 0.0895. The van der Waals surface area contributed by atoms with Gasteiger partial charge in [0.05, 0.1) is 39.6 Å². The van der Waals surface area contributed by atoms with Crippen molar-refractivity contribution >= 4 is 0 Å². The summed E-state index contributed by atoms with van der Waals surface area (Å²) in [4.78, 5) is 0. The highest BCUT2D eigenvalue weighted by atomic mass is 16.5. The molecule has 0 amide bonds. The van der Waals surface area contributed by atoms with Gasteiger partial charge in [-0.15, -0.1) is 0 Å². The molecule has 0 unspecified atom stereocenters. The molecule has 0 aliphatic rings. The Kier molecular flexibility index (Phi) is 78.2. The summed E-state index contributed by atoms with van der Waals surface area (Å²) >= 11 is 0. The lowest BCUT2D eigenvalue weighted by Crippen LogP contribution is -2.00. The van der Waals surface area contributed by atoms with Gasteiger partial charge in [0.2, 0.25) is 0 Å². The summed E-state index contributed by atoms with van der Waals surface area (Å²) in [6.45, 7) is 11.3. The van der Waals surface area contributed by atoms with E-state index in [0.29, 0.717) is 19.8 Å². The molecule has 6 nitrogen and oxygen atoms in total. The fourth-order valence-corrected chi connectivity index (χ4v) is 8.76. The van der Waals surface area contributed by atoms with Crippen LogP contribution >= 0.6 is 0 Å². The van der Waals surface area contributed by atoms with E-state index < -0.39 is 0 Å². The van der Waals surface area contributed by atoms with Gasteiger partial charge in [-0.05, 0) is 19.3 Å². The number of aliphatic hydroxyl groups excluding tert-OH is 3. The molecule has 0 rings (SSSR count). The summed E-state index contributed by atoms with van der Waals surface area (Å²) < 4.78 is 15.8. The number of unbranched alkanes of at least 4 members (excludes halogenated alkanes) is 45. The minimum atomic E-state index is 0.152. The molecule has 0 saturated heterocycles. The van der Waals surface area contributed by atoms with Gasteiger partial charge in [-0.1, -0.05) is 310 Å². The van der Waals surface area contributed by atoms with Gasteiger partial charge in [0.1, 0.15) is 0 Å². The maximum Gasteiger partial charge on any atom is 0.0697 e. The van der Waals surface area contributed by atoms with Gasteiger partial charge in [-0.2, -0.15) is 0 Å². The Morgan fingerprint density at radius 1 is 0.167 bits per heavy atom. The highest BCUT2D eigenvalue weighted by molar-refractivity contribution is 4.53. The van der Waals surface area contributed by atoms with E-state index >= 15 is 0 Å². The van der Waals surface area contributed by atoms with E-state index in [-0.39, 0.29) is 19.8 Å². The van der Waals surface area contributed by atoms with Gasteiger partial charge in [0.25, 0.3) is 0 Å². The zero-order chi connectivity index (χ0) is 48.4. The SMILES string of the molecule is CCCCCCCCCCCCCCCCCCOCCO.CCCCCCCCCCCCCCCCCCOCCO.CCCCCCCCCCCCCCCCCCOCCO. The highest BCUT2D eigenvalue weighted by Gasteiger charge is 1.98. The van der Waals surface area contributed by atoms with E-state index in [2.05, 4.69) is 20.8 Å². The number of ether oxygens (including phenoxy) is 3. The summed E-state index contributed by atoms with van der Waals surface area (Å²) in [6.07, 6.45) is 67.3. The lowest BCUT2D eigenvalue weighted by Gasteiger charge is -2.04. The van der Waals surface area contributed by atoms with E-state index in [9.17, 15) is 0 Å². The molecule has 6 heteroatoms. The van der Waals surface area contributed by atoms with Crippen molar-refractivity contribution in [2.75, 3.05) is 59.5 Å². The summed E-state index contributed by atoms with van der Waals surface area (Å²) in [7, 11) is 0. The summed E-state index contributed by atoms with van der Waals surface area (Å²) in [6, 6.07) is 0. The van der Waals surface area contributed by atoms with Crippen molar-refractivity contribution in [2.24, 2.45) is 0 Å². The number of hydrogen-bond acceptors (Lipinski definition) is 6. The Bertz CT molecular complexity index is 583. The predicted octanol–water partition coefficient (Wildman–Crippen LogP) is 18.8. The first-order valence-electron chi connectivity index (χ1n) is 30.3. The smallest absolute Gasteiger partial charge is 0.0697 e. The normalized spacial score (nSPS) is 11.2. The Hall–Kier alpha value is -0.240. The molecule has 0 aliphatic carbocycles. The van der Waals surface area contributed by atoms with Crippen LogP contribution in [0.15, 0.2) is 0 Å². The maximum absolute atomic E-state index is 8.58. The van der Waals surface area contributed by atoms with Crippen molar-refractivity contribution in [2.45, 2.75) is 329 Å². The third-order valence-electron chi connectivity index (χ3n) is 13.1. The van der Waals surface area contributed by atoms with Crippen LogP contribution in [-0.4, -0.2) is 74.8 Å². The molecular formula is C60H126O6. The summed E-state index contributed by atoms with van der Waals surface area (Å²) in [5.41, 5.74) is 0. The van der Waals surface area contributed by atoms with Crippen LogP contribution in [0.25, 0.3) is 0 Å². The molecule has 0 aromatic rings. The van der Waals surface area contributed by atoms with Crippen LogP contribution < -0.4 is 0 Å². The predicted molar refractivity (Wildman–Crippen MR) is 292 cm³/mol. The second kappa shape index (κ2) is 73.7. The van der Waals surface area contributed by atoms with Crippen LogP contribution in [0.3, 0.4) is 0 Å². The molecule has 0 fully saturated rings. The van der Waals surface area contributed by atoms with Crippen LogP contribution in [0, 0.1) is 0 Å². The zero-order valence-corrected chi connectivity index (χ0v) is 45.9. The van der Waals surface area contributed by atoms with Crippen LogP contribution in [0.5, 0.6) is 0 Å². The van der Waals surface area contributed by atoms with E-state index in [1.54, 1.807) is 0 Å². The Balaban J connectivity index is -0.000000902. The average molecular weight is 944 g/mol. The Morgan fingerprint density at radius 3 is 0.409 bits per heavy atom. The molecular weight excluding hydrogens is 817 g/mol. The second-order valence-corrected chi connectivity index (χ2v) is 19.9. The lowest BCUT2D eigenvalue weighted by atomic mass is 10.0. The first-order valence-corrected chi connectivity index (χ1v) is 30.3. The van der Waals surface area contributed by atoms with Crippen LogP contribution in [0.2, 0.25) is 0 Å². The van der Waals surface area contributed by atoms with Crippen LogP contribution in [0.1, 0.15) is 329 Å². The van der Waals surface area contributed by atoms with Gasteiger partial charge in [-0.3, -0.25) is 0 Å². The molecule has 0 heterocycles. The van der Waals surface area contributed by atoms with Crippen LogP contribution in [-0.2, 0) is 14.2 Å². The number of hydrogen-bond donors (Lipinski definition) is 3. The topological polar surface area (TPSA) is 88.4 Å². The van der Waals surface area contributed by atoms with Gasteiger partial charge in [0, 0.05) is 19.8 Å². The van der Waals surface area contributed by atoms with Gasteiger partial charge < -0.3 is 29.5 Å². The Labute approximate surface area is 416 Å². The monoisotopic (exact) mass is 943 g/mol. The molecule has 0 spiro atoms. The molecule has 0 atom stereocenters. The zero-order valence-electron chi connectivity index (χ0n) is 45.9. The van der Waals surface area contributed by atoms with Crippen molar-refractivity contribution in [3.05, 3.63) is 0 Å². The van der Waals surface area contributed by atoms with Gasteiger partial charge >= 0.3 is 0 Å². The molecule has 0 aromatic carbocycles. The molecule has 402 valence electrons. The van der Waals surface area contributed by atoms with E-state index in [1.807, 2.05) is 0 Å². The van der Waals surface area contributed by atoms with Crippen molar-refractivity contribution < 1.29 is 29.5 Å². The maximum atomic E-state index is 8.58. The first-order chi connectivity index (χ1) is 32.7. The number of rotatable bonds is 57. The van der Waals surface area contributed by atoms with Crippen molar-refractivity contribution in [3.8, 4) is 0 Å². The fourth-order valence-electron chi connectivity index (χ4n) is 8.76. The molecule has 3 N–H and O–H groups in total. The molecule has 0 radical (unpaired) electrons. The second-order valence-electron chi connectivity index (χ2n) is 19.9. The van der Waals surface area contributed by atoms with Gasteiger partial charge in [0.15, 0.2) is 0 Å². The molecule has 0 aliphatic heterocycles. The largest absolute Gasteiger partial charge is 0.394 e.